The SMILES string of the molecule is CC(C)(C=O)NSc1ccc(Cl)cc1Cl.CCC1CCC2CC(C)CC(C2)C1NC. The van der Waals surface area contributed by atoms with Crippen LogP contribution in [-0.2, 0) is 4.79 Å². The van der Waals surface area contributed by atoms with Crippen molar-refractivity contribution in [1.29, 1.82) is 0 Å². The van der Waals surface area contributed by atoms with E-state index in [2.05, 4.69) is 30.9 Å². The topological polar surface area (TPSA) is 41.1 Å². The number of nitrogens with one attached hydrogen (secondary N) is 2. The van der Waals surface area contributed by atoms with Gasteiger partial charge in [0.2, 0.25) is 0 Å². The molecule has 0 aliphatic heterocycles. The Balaban J connectivity index is 0.000000214. The number of halogens is 2. The van der Waals surface area contributed by atoms with Gasteiger partial charge in [-0.15, -0.1) is 0 Å². The number of carbonyl (C=O) groups excluding carboxylic acids is 1. The van der Waals surface area contributed by atoms with Gasteiger partial charge < -0.3 is 10.1 Å². The Morgan fingerprint density at radius 2 is 1.93 bits per heavy atom. The van der Waals surface area contributed by atoms with E-state index in [9.17, 15) is 4.79 Å². The summed E-state index contributed by atoms with van der Waals surface area (Å²) in [4.78, 5) is 11.5. The Kier molecular flexibility index (Phi) is 10.5. The second kappa shape index (κ2) is 12.1. The van der Waals surface area contributed by atoms with Crippen LogP contribution < -0.4 is 10.0 Å². The highest BCUT2D eigenvalue weighted by atomic mass is 35.5. The monoisotopic (exact) mass is 472 g/mol. The average molecular weight is 474 g/mol. The molecule has 2 aliphatic rings. The molecular formula is C24H38Cl2N2OS. The Morgan fingerprint density at radius 3 is 2.53 bits per heavy atom. The first-order valence-corrected chi connectivity index (χ1v) is 12.8. The van der Waals surface area contributed by atoms with E-state index in [1.807, 2.05) is 6.07 Å². The van der Waals surface area contributed by atoms with Crippen LogP contribution in [0, 0.1) is 23.7 Å². The number of benzene rings is 1. The standard InChI is InChI=1S/C14H27N.C10H11Cl2NOS/c1-4-12-6-5-11-7-10(2)8-13(9-11)14(12)15-3;1-10(2,6-14)13-15-9-4-3-7(11)5-8(9)12/h10-15H,4-9H2,1-3H3;3-6,13H,1-2H3. The van der Waals surface area contributed by atoms with Crippen molar-refractivity contribution in [3.8, 4) is 0 Å². The lowest BCUT2D eigenvalue weighted by molar-refractivity contribution is -0.111. The van der Waals surface area contributed by atoms with Crippen molar-refractivity contribution < 1.29 is 4.79 Å². The van der Waals surface area contributed by atoms with Crippen LogP contribution in [-0.4, -0.2) is 24.9 Å². The van der Waals surface area contributed by atoms with Crippen molar-refractivity contribution in [2.45, 2.75) is 82.7 Å². The number of fused-ring (bicyclic) bond motifs is 2. The largest absolute Gasteiger partial charge is 0.316 e. The van der Waals surface area contributed by atoms with Gasteiger partial charge in [-0.05, 0) is 100 Å². The summed E-state index contributed by atoms with van der Waals surface area (Å²) in [5.41, 5.74) is -0.576. The summed E-state index contributed by atoms with van der Waals surface area (Å²) in [6.45, 7) is 8.40. The number of carbonyl (C=O) groups is 1. The lowest BCUT2D eigenvalue weighted by atomic mass is 9.73. The van der Waals surface area contributed by atoms with E-state index in [4.69, 9.17) is 23.2 Å². The van der Waals surface area contributed by atoms with Gasteiger partial charge in [-0.25, -0.2) is 4.72 Å². The van der Waals surface area contributed by atoms with E-state index in [-0.39, 0.29) is 0 Å². The van der Waals surface area contributed by atoms with Gasteiger partial charge in [-0.2, -0.15) is 0 Å². The Morgan fingerprint density at radius 1 is 1.20 bits per heavy atom. The van der Waals surface area contributed by atoms with Crippen molar-refractivity contribution in [2.24, 2.45) is 23.7 Å². The number of aldehydes is 1. The lowest BCUT2D eigenvalue weighted by Crippen LogP contribution is -2.41. The maximum absolute atomic E-state index is 10.7. The van der Waals surface area contributed by atoms with E-state index in [0.29, 0.717) is 10.0 Å². The predicted molar refractivity (Wildman–Crippen MR) is 131 cm³/mol. The van der Waals surface area contributed by atoms with Crippen LogP contribution in [0.3, 0.4) is 0 Å². The molecule has 0 saturated heterocycles. The molecule has 6 heteroatoms. The smallest absolute Gasteiger partial charge is 0.140 e. The molecule has 2 bridgehead atoms. The summed E-state index contributed by atoms with van der Waals surface area (Å²) in [7, 11) is 2.17. The molecule has 1 aromatic carbocycles. The van der Waals surface area contributed by atoms with E-state index in [1.54, 1.807) is 26.0 Å². The molecule has 2 N–H and O–H groups in total. The molecule has 5 unspecified atom stereocenters. The highest BCUT2D eigenvalue weighted by Gasteiger charge is 2.37. The highest BCUT2D eigenvalue weighted by Crippen LogP contribution is 2.43. The summed E-state index contributed by atoms with van der Waals surface area (Å²) in [5, 5.41) is 4.79. The van der Waals surface area contributed by atoms with Gasteiger partial charge in [0.25, 0.3) is 0 Å². The van der Waals surface area contributed by atoms with Crippen LogP contribution >= 0.6 is 35.1 Å². The van der Waals surface area contributed by atoms with Gasteiger partial charge in [0.15, 0.2) is 0 Å². The third kappa shape index (κ3) is 7.70. The zero-order chi connectivity index (χ0) is 22.3. The fourth-order valence-corrected chi connectivity index (χ4v) is 6.28. The molecule has 3 nitrogen and oxygen atoms in total. The molecule has 0 aromatic heterocycles. The summed E-state index contributed by atoms with van der Waals surface area (Å²) in [6, 6.07) is 6.04. The van der Waals surface area contributed by atoms with Crippen LogP contribution in [0.25, 0.3) is 0 Å². The van der Waals surface area contributed by atoms with Gasteiger partial charge in [0.1, 0.15) is 6.29 Å². The first-order valence-electron chi connectivity index (χ1n) is 11.2. The molecule has 170 valence electrons. The fourth-order valence-electron chi connectivity index (χ4n) is 5.04. The first kappa shape index (κ1) is 26.0. The summed E-state index contributed by atoms with van der Waals surface area (Å²) < 4.78 is 3.01. The molecule has 2 fully saturated rings. The minimum absolute atomic E-state index is 0.571. The molecule has 0 amide bonds. The second-order valence-electron chi connectivity index (χ2n) is 9.62. The van der Waals surface area contributed by atoms with E-state index < -0.39 is 5.54 Å². The minimum Gasteiger partial charge on any atom is -0.316 e. The van der Waals surface area contributed by atoms with Crippen LogP contribution in [0.5, 0.6) is 0 Å². The summed E-state index contributed by atoms with van der Waals surface area (Å²) in [5.74, 6) is 3.93. The molecule has 0 radical (unpaired) electrons. The summed E-state index contributed by atoms with van der Waals surface area (Å²) >= 11 is 13.0. The van der Waals surface area contributed by atoms with Gasteiger partial charge in [-0.3, -0.25) is 0 Å². The third-order valence-corrected chi connectivity index (χ3v) is 8.37. The van der Waals surface area contributed by atoms with E-state index in [0.717, 1.165) is 40.9 Å². The Hall–Kier alpha value is -0.260. The van der Waals surface area contributed by atoms with Gasteiger partial charge in [-0.1, -0.05) is 49.9 Å². The highest BCUT2D eigenvalue weighted by molar-refractivity contribution is 7.97. The molecule has 2 saturated carbocycles. The first-order chi connectivity index (χ1) is 14.2. The number of rotatable bonds is 6. The van der Waals surface area contributed by atoms with Crippen molar-refractivity contribution in [2.75, 3.05) is 7.05 Å². The molecule has 30 heavy (non-hydrogen) atoms. The van der Waals surface area contributed by atoms with Crippen LogP contribution in [0.1, 0.15) is 66.2 Å². The predicted octanol–water partition coefficient (Wildman–Crippen LogP) is 7.01. The number of hydrogen-bond donors (Lipinski definition) is 2. The molecule has 0 spiro atoms. The molecule has 0 heterocycles. The fraction of sp³-hybridized carbons (Fsp3) is 0.708. The maximum Gasteiger partial charge on any atom is 0.140 e. The zero-order valence-electron chi connectivity index (χ0n) is 19.0. The molecule has 2 aliphatic carbocycles. The van der Waals surface area contributed by atoms with Gasteiger partial charge in [0, 0.05) is 16.0 Å². The van der Waals surface area contributed by atoms with Crippen molar-refractivity contribution in [1.82, 2.24) is 10.0 Å². The quantitative estimate of drug-likeness (QED) is 0.344. The lowest BCUT2D eigenvalue weighted by Gasteiger charge is -2.36. The van der Waals surface area contributed by atoms with Gasteiger partial charge >= 0.3 is 0 Å². The van der Waals surface area contributed by atoms with E-state index in [1.165, 1.54) is 50.5 Å². The average Bonchev–Trinajstić information content (AvgIpc) is 2.82. The van der Waals surface area contributed by atoms with Gasteiger partial charge in [0.05, 0.1) is 10.6 Å². The third-order valence-electron chi connectivity index (χ3n) is 6.51. The van der Waals surface area contributed by atoms with Crippen molar-refractivity contribution in [3.05, 3.63) is 28.2 Å². The van der Waals surface area contributed by atoms with E-state index >= 15 is 0 Å². The Labute approximate surface area is 197 Å². The normalized spacial score (nSPS) is 28.8. The van der Waals surface area contributed by atoms with Crippen LogP contribution in [0.2, 0.25) is 10.0 Å². The molecular weight excluding hydrogens is 435 g/mol. The molecule has 5 atom stereocenters. The molecule has 3 rings (SSSR count). The summed E-state index contributed by atoms with van der Waals surface area (Å²) in [6.07, 6.45) is 9.66. The maximum atomic E-state index is 10.7. The van der Waals surface area contributed by atoms with Crippen LogP contribution in [0.15, 0.2) is 23.1 Å². The Bertz CT molecular complexity index is 685. The minimum atomic E-state index is -0.576. The van der Waals surface area contributed by atoms with Crippen molar-refractivity contribution in [3.63, 3.8) is 0 Å². The second-order valence-corrected chi connectivity index (χ2v) is 11.3. The van der Waals surface area contributed by atoms with Crippen LogP contribution in [0.4, 0.5) is 0 Å². The van der Waals surface area contributed by atoms with Crippen molar-refractivity contribution >= 4 is 41.4 Å². The number of hydrogen-bond acceptors (Lipinski definition) is 4. The zero-order valence-corrected chi connectivity index (χ0v) is 21.3. The molecule has 1 aromatic rings.